The standard InChI is InChI=1S/C14H22N2O2/c1-3-14(2,15)13(18)16-12(10-17)9-11-7-5-4-6-8-11/h4-8,12,17H,3,9-10,15H2,1-2H3,(H,16,18)/t12-,14?/m0/s1. The molecule has 0 aromatic heterocycles. The second kappa shape index (κ2) is 6.52. The molecule has 0 saturated carbocycles. The monoisotopic (exact) mass is 250 g/mol. The molecule has 1 amide bonds. The van der Waals surface area contributed by atoms with Gasteiger partial charge >= 0.3 is 0 Å². The van der Waals surface area contributed by atoms with Crippen molar-refractivity contribution in [3.05, 3.63) is 35.9 Å². The van der Waals surface area contributed by atoms with Crippen LogP contribution in [0.25, 0.3) is 0 Å². The zero-order valence-corrected chi connectivity index (χ0v) is 11.0. The lowest BCUT2D eigenvalue weighted by Gasteiger charge is -2.25. The second-order valence-electron chi connectivity index (χ2n) is 4.81. The van der Waals surface area contributed by atoms with E-state index in [4.69, 9.17) is 5.73 Å². The molecular weight excluding hydrogens is 228 g/mol. The Kier molecular flexibility index (Phi) is 5.31. The molecule has 4 heteroatoms. The molecule has 1 aromatic carbocycles. The van der Waals surface area contributed by atoms with Crippen LogP contribution in [0.3, 0.4) is 0 Å². The summed E-state index contributed by atoms with van der Waals surface area (Å²) in [6, 6.07) is 9.45. The van der Waals surface area contributed by atoms with E-state index in [2.05, 4.69) is 5.32 Å². The van der Waals surface area contributed by atoms with Gasteiger partial charge in [-0.2, -0.15) is 0 Å². The molecule has 4 N–H and O–H groups in total. The van der Waals surface area contributed by atoms with Gasteiger partial charge in [-0.1, -0.05) is 37.3 Å². The van der Waals surface area contributed by atoms with E-state index < -0.39 is 5.54 Å². The van der Waals surface area contributed by atoms with Crippen molar-refractivity contribution in [3.8, 4) is 0 Å². The minimum absolute atomic E-state index is 0.0968. The predicted octanol–water partition coefficient (Wildman–Crippen LogP) is 0.834. The van der Waals surface area contributed by atoms with Gasteiger partial charge in [0.1, 0.15) is 0 Å². The highest BCUT2D eigenvalue weighted by Gasteiger charge is 2.27. The Bertz CT molecular complexity index is 377. The van der Waals surface area contributed by atoms with Crippen molar-refractivity contribution < 1.29 is 9.90 Å². The Morgan fingerprint density at radius 1 is 1.44 bits per heavy atom. The van der Waals surface area contributed by atoms with E-state index in [-0.39, 0.29) is 18.6 Å². The molecule has 0 aliphatic heterocycles. The summed E-state index contributed by atoms with van der Waals surface area (Å²) in [6.45, 7) is 3.46. The number of aliphatic hydroxyl groups excluding tert-OH is 1. The molecular formula is C14H22N2O2. The van der Waals surface area contributed by atoms with Crippen LogP contribution in [0.4, 0.5) is 0 Å². The molecule has 0 fully saturated rings. The van der Waals surface area contributed by atoms with Crippen LogP contribution in [0.1, 0.15) is 25.8 Å². The molecule has 1 aromatic rings. The Hall–Kier alpha value is -1.39. The summed E-state index contributed by atoms with van der Waals surface area (Å²) in [4.78, 5) is 11.9. The maximum atomic E-state index is 11.9. The van der Waals surface area contributed by atoms with Gasteiger partial charge in [-0.15, -0.1) is 0 Å². The summed E-state index contributed by atoms with van der Waals surface area (Å²) in [5, 5.41) is 12.1. The number of aliphatic hydroxyl groups is 1. The molecule has 0 spiro atoms. The van der Waals surface area contributed by atoms with E-state index in [0.29, 0.717) is 12.8 Å². The Labute approximate surface area is 108 Å². The number of carbonyl (C=O) groups excluding carboxylic acids is 1. The van der Waals surface area contributed by atoms with Crippen LogP contribution in [-0.4, -0.2) is 29.2 Å². The van der Waals surface area contributed by atoms with Gasteiger partial charge < -0.3 is 16.2 Å². The van der Waals surface area contributed by atoms with Crippen LogP contribution in [-0.2, 0) is 11.2 Å². The van der Waals surface area contributed by atoms with Gasteiger partial charge in [0.05, 0.1) is 18.2 Å². The number of nitrogens with two attached hydrogens (primary N) is 1. The number of hydrogen-bond acceptors (Lipinski definition) is 3. The van der Waals surface area contributed by atoms with Crippen LogP contribution >= 0.6 is 0 Å². The zero-order chi connectivity index (χ0) is 13.6. The Morgan fingerprint density at radius 3 is 2.56 bits per heavy atom. The largest absolute Gasteiger partial charge is 0.394 e. The number of carbonyl (C=O) groups is 1. The first-order valence-corrected chi connectivity index (χ1v) is 6.24. The highest BCUT2D eigenvalue weighted by molar-refractivity contribution is 5.85. The predicted molar refractivity (Wildman–Crippen MR) is 72.0 cm³/mol. The number of nitrogens with one attached hydrogen (secondary N) is 1. The molecule has 1 unspecified atom stereocenters. The first kappa shape index (κ1) is 14.7. The van der Waals surface area contributed by atoms with E-state index in [1.807, 2.05) is 37.3 Å². The minimum atomic E-state index is -0.885. The fourth-order valence-corrected chi connectivity index (χ4v) is 1.57. The average Bonchev–Trinajstić information content (AvgIpc) is 2.38. The summed E-state index contributed by atoms with van der Waals surface area (Å²) in [6.07, 6.45) is 1.16. The zero-order valence-electron chi connectivity index (χ0n) is 11.0. The van der Waals surface area contributed by atoms with Gasteiger partial charge in [-0.25, -0.2) is 0 Å². The SMILES string of the molecule is CCC(C)(N)C(=O)N[C@H](CO)Cc1ccccc1. The van der Waals surface area contributed by atoms with E-state index in [1.165, 1.54) is 0 Å². The van der Waals surface area contributed by atoms with Crippen LogP contribution in [0, 0.1) is 0 Å². The highest BCUT2D eigenvalue weighted by Crippen LogP contribution is 2.07. The van der Waals surface area contributed by atoms with Gasteiger partial charge in [0, 0.05) is 0 Å². The van der Waals surface area contributed by atoms with Gasteiger partial charge in [-0.05, 0) is 25.3 Å². The molecule has 0 bridgehead atoms. The molecule has 0 heterocycles. The molecule has 18 heavy (non-hydrogen) atoms. The van der Waals surface area contributed by atoms with Crippen LogP contribution in [0.2, 0.25) is 0 Å². The van der Waals surface area contributed by atoms with Gasteiger partial charge in [0.25, 0.3) is 0 Å². The summed E-state index contributed by atoms with van der Waals surface area (Å²) >= 11 is 0. The molecule has 100 valence electrons. The first-order chi connectivity index (χ1) is 8.49. The number of hydrogen-bond donors (Lipinski definition) is 3. The molecule has 1 rings (SSSR count). The smallest absolute Gasteiger partial charge is 0.240 e. The maximum absolute atomic E-state index is 11.9. The molecule has 4 nitrogen and oxygen atoms in total. The fourth-order valence-electron chi connectivity index (χ4n) is 1.57. The summed E-state index contributed by atoms with van der Waals surface area (Å²) < 4.78 is 0. The van der Waals surface area contributed by atoms with Crippen molar-refractivity contribution in [2.75, 3.05) is 6.61 Å². The Balaban J connectivity index is 2.60. The second-order valence-corrected chi connectivity index (χ2v) is 4.81. The number of amides is 1. The fraction of sp³-hybridized carbons (Fsp3) is 0.500. The molecule has 0 radical (unpaired) electrons. The number of rotatable bonds is 6. The van der Waals surface area contributed by atoms with E-state index in [9.17, 15) is 9.90 Å². The van der Waals surface area contributed by atoms with Gasteiger partial charge in [0.2, 0.25) is 5.91 Å². The normalized spacial score (nSPS) is 15.8. The lowest BCUT2D eigenvalue weighted by atomic mass is 9.98. The number of benzene rings is 1. The van der Waals surface area contributed by atoms with Crippen LogP contribution in [0.5, 0.6) is 0 Å². The lowest BCUT2D eigenvalue weighted by Crippen LogP contribution is -2.54. The molecule has 2 atom stereocenters. The maximum Gasteiger partial charge on any atom is 0.240 e. The van der Waals surface area contributed by atoms with Crippen molar-refractivity contribution in [3.63, 3.8) is 0 Å². The highest BCUT2D eigenvalue weighted by atomic mass is 16.3. The van der Waals surface area contributed by atoms with Crippen molar-refractivity contribution in [2.45, 2.75) is 38.3 Å². The average molecular weight is 250 g/mol. The summed E-state index contributed by atoms with van der Waals surface area (Å²) in [7, 11) is 0. The molecule has 0 aliphatic carbocycles. The quantitative estimate of drug-likeness (QED) is 0.700. The minimum Gasteiger partial charge on any atom is -0.394 e. The summed E-state index contributed by atoms with van der Waals surface area (Å²) in [5.74, 6) is -0.222. The van der Waals surface area contributed by atoms with E-state index >= 15 is 0 Å². The third-order valence-corrected chi connectivity index (χ3v) is 3.13. The van der Waals surface area contributed by atoms with Crippen LogP contribution in [0.15, 0.2) is 30.3 Å². The van der Waals surface area contributed by atoms with E-state index in [0.717, 1.165) is 5.56 Å². The van der Waals surface area contributed by atoms with Gasteiger partial charge in [-0.3, -0.25) is 4.79 Å². The van der Waals surface area contributed by atoms with E-state index in [1.54, 1.807) is 6.92 Å². The molecule has 0 saturated heterocycles. The third kappa shape index (κ3) is 4.13. The first-order valence-electron chi connectivity index (χ1n) is 6.24. The van der Waals surface area contributed by atoms with Crippen LogP contribution < -0.4 is 11.1 Å². The lowest BCUT2D eigenvalue weighted by molar-refractivity contribution is -0.126. The van der Waals surface area contributed by atoms with Gasteiger partial charge in [0.15, 0.2) is 0 Å². The van der Waals surface area contributed by atoms with Crippen molar-refractivity contribution in [2.24, 2.45) is 5.73 Å². The van der Waals surface area contributed by atoms with Crippen molar-refractivity contribution in [1.29, 1.82) is 0 Å². The summed E-state index contributed by atoms with van der Waals surface area (Å²) in [5.41, 5.74) is 6.05. The topological polar surface area (TPSA) is 75.4 Å². The molecule has 0 aliphatic rings. The van der Waals surface area contributed by atoms with Crippen molar-refractivity contribution in [1.82, 2.24) is 5.32 Å². The van der Waals surface area contributed by atoms with Crippen molar-refractivity contribution >= 4 is 5.91 Å². The third-order valence-electron chi connectivity index (χ3n) is 3.13. The Morgan fingerprint density at radius 2 is 2.06 bits per heavy atom.